The number of urea groups is 1. The highest BCUT2D eigenvalue weighted by Gasteiger charge is 2.07. The number of methoxy groups -OCH3 is 1. The molecule has 4 nitrogen and oxygen atoms in total. The molecule has 2 N–H and O–H groups in total. The Balaban J connectivity index is 1.96. The molecule has 0 aromatic heterocycles. The predicted octanol–water partition coefficient (Wildman–Crippen LogP) is 3.78. The van der Waals surface area contributed by atoms with Crippen LogP contribution in [0.25, 0.3) is 0 Å². The van der Waals surface area contributed by atoms with E-state index in [9.17, 15) is 4.79 Å². The van der Waals surface area contributed by atoms with E-state index < -0.39 is 0 Å². The molecule has 0 bridgehead atoms. The molecule has 0 atom stereocenters. The summed E-state index contributed by atoms with van der Waals surface area (Å²) in [7, 11) is 1.57. The molecule has 0 aliphatic heterocycles. The molecule has 2 rings (SSSR count). The molecule has 2 amide bonds. The molecule has 0 radical (unpaired) electrons. The molecule has 0 unspecified atom stereocenters. The van der Waals surface area contributed by atoms with Gasteiger partial charge in [0.25, 0.3) is 0 Å². The van der Waals surface area contributed by atoms with E-state index in [1.165, 1.54) is 0 Å². The predicted molar refractivity (Wildman–Crippen MR) is 83.0 cm³/mol. The third-order valence-electron chi connectivity index (χ3n) is 2.71. The first-order chi connectivity index (χ1) is 9.69. The summed E-state index contributed by atoms with van der Waals surface area (Å²) in [5.74, 6) is 0.614. The lowest BCUT2D eigenvalue weighted by Crippen LogP contribution is -2.28. The maximum atomic E-state index is 11.9. The molecule has 2 aromatic carbocycles. The summed E-state index contributed by atoms with van der Waals surface area (Å²) in [5.41, 5.74) is 1.66. The molecule has 0 aliphatic carbocycles. The Hall–Kier alpha value is -2.01. The van der Waals surface area contributed by atoms with Crippen molar-refractivity contribution >= 4 is 27.6 Å². The van der Waals surface area contributed by atoms with Gasteiger partial charge in [0, 0.05) is 11.0 Å². The van der Waals surface area contributed by atoms with Crippen LogP contribution in [0.1, 0.15) is 5.56 Å². The number of carbonyl (C=O) groups excluding carboxylic acids is 1. The monoisotopic (exact) mass is 334 g/mol. The van der Waals surface area contributed by atoms with Crippen molar-refractivity contribution in [1.82, 2.24) is 5.32 Å². The average Bonchev–Trinajstić information content (AvgIpc) is 2.46. The summed E-state index contributed by atoms with van der Waals surface area (Å²) in [4.78, 5) is 11.9. The highest BCUT2D eigenvalue weighted by atomic mass is 79.9. The smallest absolute Gasteiger partial charge is 0.319 e. The van der Waals surface area contributed by atoms with Gasteiger partial charge in [0.05, 0.1) is 12.8 Å². The summed E-state index contributed by atoms with van der Waals surface area (Å²) < 4.78 is 6.07. The lowest BCUT2D eigenvalue weighted by Gasteiger charge is -2.11. The molecule has 2 aromatic rings. The first kappa shape index (κ1) is 14.4. The van der Waals surface area contributed by atoms with Crippen LogP contribution in [0.3, 0.4) is 0 Å². The van der Waals surface area contributed by atoms with Gasteiger partial charge < -0.3 is 15.4 Å². The van der Waals surface area contributed by atoms with Crippen LogP contribution in [0.15, 0.2) is 53.0 Å². The molecule has 0 saturated heterocycles. The van der Waals surface area contributed by atoms with Gasteiger partial charge in [-0.3, -0.25) is 0 Å². The Morgan fingerprint density at radius 1 is 1.20 bits per heavy atom. The Labute approximate surface area is 126 Å². The number of hydrogen-bond donors (Lipinski definition) is 2. The lowest BCUT2D eigenvalue weighted by atomic mass is 10.2. The van der Waals surface area contributed by atoms with Gasteiger partial charge >= 0.3 is 6.03 Å². The van der Waals surface area contributed by atoms with E-state index in [1.54, 1.807) is 19.2 Å². The second kappa shape index (κ2) is 6.96. The second-order valence-corrected chi connectivity index (χ2v) is 5.05. The van der Waals surface area contributed by atoms with Gasteiger partial charge in [-0.25, -0.2) is 4.79 Å². The minimum absolute atomic E-state index is 0.273. The number of nitrogens with one attached hydrogen (secondary N) is 2. The Morgan fingerprint density at radius 2 is 1.95 bits per heavy atom. The second-order valence-electron chi connectivity index (χ2n) is 4.14. The van der Waals surface area contributed by atoms with Crippen molar-refractivity contribution in [3.05, 3.63) is 58.6 Å². The average molecular weight is 335 g/mol. The quantitative estimate of drug-likeness (QED) is 0.893. The Kier molecular flexibility index (Phi) is 5.01. The number of anilines is 1. The number of carbonyl (C=O) groups is 1. The largest absolute Gasteiger partial charge is 0.495 e. The van der Waals surface area contributed by atoms with Gasteiger partial charge in [0.2, 0.25) is 0 Å². The summed E-state index contributed by atoms with van der Waals surface area (Å²) in [6.45, 7) is 0.475. The fourth-order valence-electron chi connectivity index (χ4n) is 1.72. The van der Waals surface area contributed by atoms with Crippen molar-refractivity contribution in [2.45, 2.75) is 6.54 Å². The summed E-state index contributed by atoms with van der Waals surface area (Å²) in [5, 5.41) is 5.56. The summed E-state index contributed by atoms with van der Waals surface area (Å²) in [6, 6.07) is 14.9. The normalized spacial score (nSPS) is 9.90. The Morgan fingerprint density at radius 3 is 2.65 bits per heavy atom. The number of ether oxygens (including phenoxy) is 1. The van der Waals surface area contributed by atoms with Gasteiger partial charge in [0.1, 0.15) is 5.75 Å². The van der Waals surface area contributed by atoms with E-state index in [-0.39, 0.29) is 6.03 Å². The SMILES string of the molecule is COc1ccc(Br)cc1NC(=O)NCc1ccccc1. The topological polar surface area (TPSA) is 50.4 Å². The van der Waals surface area contributed by atoms with Gasteiger partial charge in [0.15, 0.2) is 0 Å². The fourth-order valence-corrected chi connectivity index (χ4v) is 2.08. The van der Waals surface area contributed by atoms with Gasteiger partial charge in [-0.1, -0.05) is 46.3 Å². The zero-order valence-corrected chi connectivity index (χ0v) is 12.6. The number of rotatable bonds is 4. The van der Waals surface area contributed by atoms with Crippen LogP contribution in [0.2, 0.25) is 0 Å². The van der Waals surface area contributed by atoms with Crippen molar-refractivity contribution < 1.29 is 9.53 Å². The Bertz CT molecular complexity index is 588. The van der Waals surface area contributed by atoms with Crippen molar-refractivity contribution in [2.24, 2.45) is 0 Å². The molecular formula is C15H15BrN2O2. The third kappa shape index (κ3) is 3.99. The van der Waals surface area contributed by atoms with Crippen LogP contribution in [-0.2, 0) is 6.54 Å². The zero-order chi connectivity index (χ0) is 14.4. The molecule has 0 saturated carbocycles. The molecule has 0 heterocycles. The van der Waals surface area contributed by atoms with Crippen LogP contribution in [0.5, 0.6) is 5.75 Å². The number of amides is 2. The standard InChI is InChI=1S/C15H15BrN2O2/c1-20-14-8-7-12(16)9-13(14)18-15(19)17-10-11-5-3-2-4-6-11/h2-9H,10H2,1H3,(H2,17,18,19). The van der Waals surface area contributed by atoms with Crippen molar-refractivity contribution in [2.75, 3.05) is 12.4 Å². The number of benzene rings is 2. The van der Waals surface area contributed by atoms with E-state index >= 15 is 0 Å². The maximum Gasteiger partial charge on any atom is 0.319 e. The molecule has 0 fully saturated rings. The highest BCUT2D eigenvalue weighted by Crippen LogP contribution is 2.27. The minimum atomic E-state index is -0.273. The molecule has 0 aliphatic rings. The number of halogens is 1. The lowest BCUT2D eigenvalue weighted by molar-refractivity contribution is 0.251. The van der Waals surface area contributed by atoms with Gasteiger partial charge in [-0.05, 0) is 23.8 Å². The van der Waals surface area contributed by atoms with Crippen molar-refractivity contribution in [1.29, 1.82) is 0 Å². The van der Waals surface area contributed by atoms with Crippen LogP contribution in [-0.4, -0.2) is 13.1 Å². The first-order valence-corrected chi connectivity index (χ1v) is 6.90. The van der Waals surface area contributed by atoms with Crippen LogP contribution < -0.4 is 15.4 Å². The minimum Gasteiger partial charge on any atom is -0.495 e. The van der Waals surface area contributed by atoms with E-state index in [0.29, 0.717) is 18.0 Å². The van der Waals surface area contributed by atoms with E-state index in [4.69, 9.17) is 4.74 Å². The van der Waals surface area contributed by atoms with Crippen molar-refractivity contribution in [3.8, 4) is 5.75 Å². The molecule has 0 spiro atoms. The zero-order valence-electron chi connectivity index (χ0n) is 11.0. The summed E-state index contributed by atoms with van der Waals surface area (Å²) >= 11 is 3.36. The fraction of sp³-hybridized carbons (Fsp3) is 0.133. The molecular weight excluding hydrogens is 320 g/mol. The third-order valence-corrected chi connectivity index (χ3v) is 3.20. The van der Waals surface area contributed by atoms with Gasteiger partial charge in [-0.15, -0.1) is 0 Å². The molecule has 20 heavy (non-hydrogen) atoms. The summed E-state index contributed by atoms with van der Waals surface area (Å²) in [6.07, 6.45) is 0. The van der Waals surface area contributed by atoms with Gasteiger partial charge in [-0.2, -0.15) is 0 Å². The molecule has 5 heteroatoms. The van der Waals surface area contributed by atoms with E-state index in [1.807, 2.05) is 36.4 Å². The molecule has 104 valence electrons. The van der Waals surface area contributed by atoms with Crippen molar-refractivity contribution in [3.63, 3.8) is 0 Å². The maximum absolute atomic E-state index is 11.9. The number of hydrogen-bond acceptors (Lipinski definition) is 2. The van der Waals surface area contributed by atoms with Crippen LogP contribution in [0, 0.1) is 0 Å². The van der Waals surface area contributed by atoms with E-state index in [2.05, 4.69) is 26.6 Å². The highest BCUT2D eigenvalue weighted by molar-refractivity contribution is 9.10. The van der Waals surface area contributed by atoms with Crippen LogP contribution in [0.4, 0.5) is 10.5 Å². The first-order valence-electron chi connectivity index (χ1n) is 6.11. The van der Waals surface area contributed by atoms with Crippen LogP contribution >= 0.6 is 15.9 Å². The van der Waals surface area contributed by atoms with E-state index in [0.717, 1.165) is 10.0 Å².